The number of alkyl halides is 2. The highest BCUT2D eigenvalue weighted by atomic mass is 19.3. The van der Waals surface area contributed by atoms with Crippen molar-refractivity contribution in [3.63, 3.8) is 0 Å². The minimum atomic E-state index is -2.90. The average molecular weight is 423 g/mol. The van der Waals surface area contributed by atoms with Crippen molar-refractivity contribution in [2.45, 2.75) is 26.2 Å². The third-order valence-electron chi connectivity index (χ3n) is 5.05. The number of hydrogen-bond donors (Lipinski definition) is 0. The van der Waals surface area contributed by atoms with Gasteiger partial charge in [-0.05, 0) is 48.9 Å². The molecular weight excluding hydrogens is 404 g/mol. The molecule has 0 saturated heterocycles. The number of ether oxygens (including phenoxy) is 2. The van der Waals surface area contributed by atoms with E-state index in [1.165, 1.54) is 12.1 Å². The number of esters is 1. The van der Waals surface area contributed by atoms with E-state index >= 15 is 0 Å². The highest BCUT2D eigenvalue weighted by Gasteiger charge is 2.16. The predicted octanol–water partition coefficient (Wildman–Crippen LogP) is 5.06. The largest absolute Gasteiger partial charge is 0.456 e. The summed E-state index contributed by atoms with van der Waals surface area (Å²) in [4.78, 5) is 25.5. The molecule has 5 nitrogen and oxygen atoms in total. The molecule has 0 amide bonds. The van der Waals surface area contributed by atoms with Gasteiger partial charge < -0.3 is 14.0 Å². The Morgan fingerprint density at radius 2 is 1.45 bits per heavy atom. The van der Waals surface area contributed by atoms with Gasteiger partial charge in [0.05, 0.1) is 11.0 Å². The molecule has 0 spiro atoms. The van der Waals surface area contributed by atoms with Gasteiger partial charge in [0.25, 0.3) is 0 Å². The Bertz CT molecular complexity index is 1240. The number of benzene rings is 3. The van der Waals surface area contributed by atoms with Crippen molar-refractivity contribution >= 4 is 27.8 Å². The molecule has 1 heterocycles. The van der Waals surface area contributed by atoms with Crippen molar-refractivity contribution in [3.05, 3.63) is 88.6 Å². The van der Waals surface area contributed by atoms with Crippen molar-refractivity contribution in [1.82, 2.24) is 4.57 Å². The third kappa shape index (κ3) is 4.26. The van der Waals surface area contributed by atoms with Gasteiger partial charge >= 0.3 is 12.6 Å². The molecule has 158 valence electrons. The lowest BCUT2D eigenvalue weighted by molar-refractivity contribution is -0.149. The van der Waals surface area contributed by atoms with Gasteiger partial charge in [0.1, 0.15) is 18.4 Å². The Morgan fingerprint density at radius 3 is 2.00 bits per heavy atom. The van der Waals surface area contributed by atoms with Crippen LogP contribution in [0.25, 0.3) is 21.8 Å². The number of rotatable bonds is 6. The lowest BCUT2D eigenvalue weighted by Crippen LogP contribution is -2.19. The monoisotopic (exact) mass is 423 g/mol. The summed E-state index contributed by atoms with van der Waals surface area (Å²) in [5.41, 5.74) is 1.84. The molecule has 0 aliphatic carbocycles. The summed E-state index contributed by atoms with van der Waals surface area (Å²) in [5.74, 6) is -0.456. The van der Waals surface area contributed by atoms with Gasteiger partial charge in [0.15, 0.2) is 5.43 Å². The summed E-state index contributed by atoms with van der Waals surface area (Å²) in [6.45, 7) is -1.29. The molecule has 3 aromatic carbocycles. The molecule has 0 saturated carbocycles. The molecular formula is C24H19F2NO4. The Kier molecular flexibility index (Phi) is 5.66. The zero-order chi connectivity index (χ0) is 22.0. The number of carbonyl (C=O) groups is 1. The Morgan fingerprint density at radius 1 is 0.903 bits per heavy atom. The first kappa shape index (κ1) is 20.5. The standard InChI is InChI=1S/C24H19F2NO4/c1-15(16-10-12-17(13-11-16)31-24(25)26)30-22(28)14-27-20-8-4-2-6-18(20)23(29)19-7-3-5-9-21(19)27/h2-13,15,24H,14H2,1H3. The second kappa shape index (κ2) is 8.55. The first-order chi connectivity index (χ1) is 14.9. The zero-order valence-corrected chi connectivity index (χ0v) is 16.6. The van der Waals surface area contributed by atoms with Crippen LogP contribution in [-0.2, 0) is 16.1 Å². The molecule has 0 N–H and O–H groups in total. The summed E-state index contributed by atoms with van der Waals surface area (Å²) >= 11 is 0. The second-order valence-electron chi connectivity index (χ2n) is 7.03. The van der Waals surface area contributed by atoms with Crippen LogP contribution in [0.15, 0.2) is 77.6 Å². The van der Waals surface area contributed by atoms with Gasteiger partial charge in [-0.25, -0.2) is 0 Å². The lowest BCUT2D eigenvalue weighted by atomic mass is 10.1. The van der Waals surface area contributed by atoms with Crippen LogP contribution in [0.1, 0.15) is 18.6 Å². The normalized spacial score (nSPS) is 12.3. The third-order valence-corrected chi connectivity index (χ3v) is 5.05. The number of nitrogens with zero attached hydrogens (tertiary/aromatic N) is 1. The number of fused-ring (bicyclic) bond motifs is 2. The van der Waals surface area contributed by atoms with Gasteiger partial charge in [0, 0.05) is 10.8 Å². The number of carbonyl (C=O) groups excluding carboxylic acids is 1. The molecule has 0 radical (unpaired) electrons. The molecule has 0 aliphatic heterocycles. The molecule has 0 bridgehead atoms. The molecule has 1 unspecified atom stereocenters. The maximum Gasteiger partial charge on any atom is 0.387 e. The van der Waals surface area contributed by atoms with Crippen molar-refractivity contribution in [2.75, 3.05) is 0 Å². The second-order valence-corrected chi connectivity index (χ2v) is 7.03. The number of para-hydroxylation sites is 2. The number of pyridine rings is 1. The smallest absolute Gasteiger partial charge is 0.387 e. The first-order valence-electron chi connectivity index (χ1n) is 9.68. The summed E-state index contributed by atoms with van der Waals surface area (Å²) in [7, 11) is 0. The number of halogens is 2. The summed E-state index contributed by atoms with van der Waals surface area (Å²) in [6, 6.07) is 20.2. The van der Waals surface area contributed by atoms with E-state index in [1.54, 1.807) is 60.0 Å². The SMILES string of the molecule is CC(OC(=O)Cn1c2ccccc2c(=O)c2ccccc21)c1ccc(OC(F)F)cc1. The topological polar surface area (TPSA) is 57.5 Å². The Labute approximate surface area is 176 Å². The van der Waals surface area contributed by atoms with E-state index in [9.17, 15) is 18.4 Å². The fraction of sp³-hybridized carbons (Fsp3) is 0.167. The molecule has 4 aromatic rings. The van der Waals surface area contributed by atoms with Gasteiger partial charge in [-0.2, -0.15) is 8.78 Å². The highest BCUT2D eigenvalue weighted by Crippen LogP contribution is 2.23. The van der Waals surface area contributed by atoms with Gasteiger partial charge in [-0.15, -0.1) is 0 Å². The highest BCUT2D eigenvalue weighted by molar-refractivity contribution is 5.94. The fourth-order valence-corrected chi connectivity index (χ4v) is 3.60. The molecule has 4 rings (SSSR count). The fourth-order valence-electron chi connectivity index (χ4n) is 3.60. The minimum absolute atomic E-state index is 0.0310. The van der Waals surface area contributed by atoms with Crippen LogP contribution in [0.4, 0.5) is 8.78 Å². The van der Waals surface area contributed by atoms with Gasteiger partial charge in [-0.1, -0.05) is 36.4 Å². The van der Waals surface area contributed by atoms with E-state index in [2.05, 4.69) is 4.74 Å². The van der Waals surface area contributed by atoms with E-state index in [0.29, 0.717) is 27.4 Å². The number of hydrogen-bond acceptors (Lipinski definition) is 4. The predicted molar refractivity (Wildman–Crippen MR) is 113 cm³/mol. The van der Waals surface area contributed by atoms with Gasteiger partial charge in [-0.3, -0.25) is 9.59 Å². The van der Waals surface area contributed by atoms with Crippen LogP contribution >= 0.6 is 0 Å². The molecule has 31 heavy (non-hydrogen) atoms. The maximum atomic E-state index is 12.8. The van der Waals surface area contributed by atoms with E-state index in [0.717, 1.165) is 0 Å². The Hall–Kier alpha value is -3.74. The maximum absolute atomic E-state index is 12.8. The minimum Gasteiger partial charge on any atom is -0.456 e. The molecule has 1 atom stereocenters. The van der Waals surface area contributed by atoms with Crippen LogP contribution < -0.4 is 10.2 Å². The van der Waals surface area contributed by atoms with E-state index in [4.69, 9.17) is 4.74 Å². The van der Waals surface area contributed by atoms with Crippen molar-refractivity contribution in [1.29, 1.82) is 0 Å². The van der Waals surface area contributed by atoms with Crippen LogP contribution in [0, 0.1) is 0 Å². The van der Waals surface area contributed by atoms with Crippen molar-refractivity contribution in [2.24, 2.45) is 0 Å². The summed E-state index contributed by atoms with van der Waals surface area (Å²) in [6.07, 6.45) is -0.593. The van der Waals surface area contributed by atoms with Crippen molar-refractivity contribution < 1.29 is 23.0 Å². The quantitative estimate of drug-likeness (QED) is 0.321. The Balaban J connectivity index is 1.60. The lowest BCUT2D eigenvalue weighted by Gasteiger charge is -2.17. The summed E-state index contributed by atoms with van der Waals surface area (Å²) in [5, 5.41) is 1.05. The molecule has 7 heteroatoms. The summed E-state index contributed by atoms with van der Waals surface area (Å²) < 4.78 is 36.2. The van der Waals surface area contributed by atoms with Crippen LogP contribution in [0.5, 0.6) is 5.75 Å². The number of aromatic nitrogens is 1. The zero-order valence-electron chi connectivity index (χ0n) is 16.6. The molecule has 0 aliphatic rings. The average Bonchev–Trinajstić information content (AvgIpc) is 2.76. The van der Waals surface area contributed by atoms with Crippen LogP contribution in [-0.4, -0.2) is 17.1 Å². The van der Waals surface area contributed by atoms with E-state index in [-0.39, 0.29) is 17.7 Å². The van der Waals surface area contributed by atoms with Crippen molar-refractivity contribution in [3.8, 4) is 5.75 Å². The molecule has 1 aromatic heterocycles. The molecule has 0 fully saturated rings. The first-order valence-corrected chi connectivity index (χ1v) is 9.68. The van der Waals surface area contributed by atoms with Crippen LogP contribution in [0.3, 0.4) is 0 Å². The van der Waals surface area contributed by atoms with E-state index < -0.39 is 18.7 Å². The van der Waals surface area contributed by atoms with Gasteiger partial charge in [0.2, 0.25) is 0 Å². The van der Waals surface area contributed by atoms with Crippen LogP contribution in [0.2, 0.25) is 0 Å². The van der Waals surface area contributed by atoms with E-state index in [1.807, 2.05) is 12.1 Å².